The van der Waals surface area contributed by atoms with E-state index in [4.69, 9.17) is 4.74 Å². The van der Waals surface area contributed by atoms with Crippen molar-refractivity contribution >= 4 is 23.3 Å². The lowest BCUT2D eigenvalue weighted by Crippen LogP contribution is -2.36. The van der Waals surface area contributed by atoms with E-state index in [2.05, 4.69) is 15.7 Å². The number of carbonyl (C=O) groups is 2. The molecule has 0 saturated carbocycles. The number of hydrogen-bond donors (Lipinski definition) is 2. The third-order valence-electron chi connectivity index (χ3n) is 4.74. The van der Waals surface area contributed by atoms with Crippen molar-refractivity contribution in [3.63, 3.8) is 0 Å². The molecule has 4 rings (SSSR count). The molecule has 0 spiro atoms. The number of benzene rings is 2. The van der Waals surface area contributed by atoms with Crippen molar-refractivity contribution < 1.29 is 14.3 Å². The molecular weight excluding hydrogens is 356 g/mol. The molecule has 7 heteroatoms. The van der Waals surface area contributed by atoms with E-state index in [-0.39, 0.29) is 18.2 Å². The lowest BCUT2D eigenvalue weighted by molar-refractivity contribution is -0.125. The number of hydrogen-bond acceptors (Lipinski definition) is 4. The summed E-state index contributed by atoms with van der Waals surface area (Å²) in [6.45, 7) is 0.355. The highest BCUT2D eigenvalue weighted by Gasteiger charge is 2.30. The van der Waals surface area contributed by atoms with Crippen molar-refractivity contribution in [1.82, 2.24) is 9.78 Å². The number of carbonyl (C=O) groups excluding carboxylic acids is 2. The van der Waals surface area contributed by atoms with Gasteiger partial charge in [0, 0.05) is 12.0 Å². The summed E-state index contributed by atoms with van der Waals surface area (Å²) in [6, 6.07) is 16.9. The van der Waals surface area contributed by atoms with Crippen molar-refractivity contribution in [3.05, 3.63) is 60.8 Å². The first kappa shape index (κ1) is 17.8. The van der Waals surface area contributed by atoms with Crippen LogP contribution in [0.5, 0.6) is 5.75 Å². The van der Waals surface area contributed by atoms with Gasteiger partial charge in [-0.15, -0.1) is 0 Å². The molecular formula is C21H20N4O3. The van der Waals surface area contributed by atoms with Crippen LogP contribution >= 0.6 is 0 Å². The molecule has 0 fully saturated rings. The predicted octanol–water partition coefficient (Wildman–Crippen LogP) is 3.16. The maximum Gasteiger partial charge on any atom is 0.231 e. The molecule has 1 aliphatic rings. The highest BCUT2D eigenvalue weighted by atomic mass is 16.5. The second-order valence-electron chi connectivity index (χ2n) is 6.59. The molecule has 2 amide bonds. The minimum atomic E-state index is -0.495. The van der Waals surface area contributed by atoms with Crippen LogP contribution in [0, 0.1) is 5.92 Å². The first-order valence-electron chi connectivity index (χ1n) is 9.00. The topological polar surface area (TPSA) is 85.2 Å². The average Bonchev–Trinajstić information content (AvgIpc) is 3.12. The number of fused-ring (bicyclic) bond motifs is 1. The molecule has 0 unspecified atom stereocenters. The average molecular weight is 376 g/mol. The smallest absolute Gasteiger partial charge is 0.231 e. The lowest BCUT2D eigenvalue weighted by Gasteiger charge is -2.24. The Labute approximate surface area is 162 Å². The summed E-state index contributed by atoms with van der Waals surface area (Å²) in [6.07, 6.45) is 1.80. The van der Waals surface area contributed by atoms with Gasteiger partial charge in [0.1, 0.15) is 11.6 Å². The standard InChI is InChI=1S/C21H20N4O3/c1-28-18-10-6-5-9-17(18)23-19(26)11-15-13-25-20(24-21(15)27)16(12-22-25)14-7-3-2-4-8-14/h2-10,12,15H,11,13H2,1H3,(H,23,26)(H,24,27)/t15-/m0/s1. The molecule has 0 radical (unpaired) electrons. The number of rotatable bonds is 5. The monoisotopic (exact) mass is 376 g/mol. The Balaban J connectivity index is 1.47. The molecule has 7 nitrogen and oxygen atoms in total. The first-order chi connectivity index (χ1) is 13.7. The minimum Gasteiger partial charge on any atom is -0.495 e. The van der Waals surface area contributed by atoms with Crippen LogP contribution in [0.2, 0.25) is 0 Å². The summed E-state index contributed by atoms with van der Waals surface area (Å²) in [5.41, 5.74) is 2.43. The van der Waals surface area contributed by atoms with Gasteiger partial charge >= 0.3 is 0 Å². The number of ether oxygens (including phenoxy) is 1. The fraction of sp³-hybridized carbons (Fsp3) is 0.190. The van der Waals surface area contributed by atoms with Gasteiger partial charge in [-0.1, -0.05) is 42.5 Å². The Morgan fingerprint density at radius 3 is 2.75 bits per heavy atom. The van der Waals surface area contributed by atoms with Crippen LogP contribution in [-0.2, 0) is 16.1 Å². The van der Waals surface area contributed by atoms with Gasteiger partial charge < -0.3 is 15.4 Å². The molecule has 2 heterocycles. The summed E-state index contributed by atoms with van der Waals surface area (Å²) < 4.78 is 6.98. The third kappa shape index (κ3) is 3.46. The van der Waals surface area contributed by atoms with Crippen LogP contribution < -0.4 is 15.4 Å². The Hall–Kier alpha value is -3.61. The second kappa shape index (κ2) is 7.56. The van der Waals surface area contributed by atoms with Crippen LogP contribution in [0.15, 0.2) is 60.8 Å². The van der Waals surface area contributed by atoms with E-state index in [9.17, 15) is 9.59 Å². The molecule has 28 heavy (non-hydrogen) atoms. The lowest BCUT2D eigenvalue weighted by atomic mass is 10.0. The van der Waals surface area contributed by atoms with Crippen LogP contribution in [0.4, 0.5) is 11.5 Å². The molecule has 1 atom stereocenters. The Morgan fingerprint density at radius 1 is 1.21 bits per heavy atom. The maximum atomic E-state index is 12.6. The van der Waals surface area contributed by atoms with Crippen molar-refractivity contribution in [2.24, 2.45) is 5.92 Å². The van der Waals surface area contributed by atoms with Gasteiger partial charge in [0.25, 0.3) is 0 Å². The Bertz CT molecular complexity index is 1010. The van der Waals surface area contributed by atoms with E-state index in [1.165, 1.54) is 0 Å². The molecule has 142 valence electrons. The molecule has 0 aliphatic carbocycles. The van der Waals surface area contributed by atoms with Crippen LogP contribution in [-0.4, -0.2) is 28.7 Å². The summed E-state index contributed by atoms with van der Waals surface area (Å²) in [7, 11) is 1.54. The zero-order valence-electron chi connectivity index (χ0n) is 15.4. The van der Waals surface area contributed by atoms with Gasteiger partial charge in [0.2, 0.25) is 11.8 Å². The molecule has 0 saturated heterocycles. The van der Waals surface area contributed by atoms with Crippen LogP contribution in [0.1, 0.15) is 6.42 Å². The molecule has 0 bridgehead atoms. The quantitative estimate of drug-likeness (QED) is 0.716. The van der Waals surface area contributed by atoms with E-state index in [0.717, 1.165) is 11.1 Å². The van der Waals surface area contributed by atoms with Gasteiger partial charge in [0.05, 0.1) is 31.5 Å². The third-order valence-corrected chi connectivity index (χ3v) is 4.74. The number of anilines is 2. The fourth-order valence-corrected chi connectivity index (χ4v) is 3.33. The zero-order valence-corrected chi connectivity index (χ0v) is 15.4. The predicted molar refractivity (Wildman–Crippen MR) is 106 cm³/mol. The summed E-state index contributed by atoms with van der Waals surface area (Å²) in [5.74, 6) is 0.318. The fourth-order valence-electron chi connectivity index (χ4n) is 3.33. The first-order valence-corrected chi connectivity index (χ1v) is 9.00. The van der Waals surface area contributed by atoms with Crippen molar-refractivity contribution in [2.75, 3.05) is 17.7 Å². The minimum absolute atomic E-state index is 0.0594. The summed E-state index contributed by atoms with van der Waals surface area (Å²) in [5, 5.41) is 10.1. The van der Waals surface area contributed by atoms with E-state index < -0.39 is 5.92 Å². The van der Waals surface area contributed by atoms with Gasteiger partial charge in [0.15, 0.2) is 0 Å². The van der Waals surface area contributed by atoms with E-state index >= 15 is 0 Å². The van der Waals surface area contributed by atoms with E-state index in [0.29, 0.717) is 23.8 Å². The largest absolute Gasteiger partial charge is 0.495 e. The molecule has 1 aromatic heterocycles. The zero-order chi connectivity index (χ0) is 19.5. The van der Waals surface area contributed by atoms with Crippen LogP contribution in [0.25, 0.3) is 11.1 Å². The Kier molecular flexibility index (Phi) is 4.80. The van der Waals surface area contributed by atoms with Crippen molar-refractivity contribution in [3.8, 4) is 16.9 Å². The second-order valence-corrected chi connectivity index (χ2v) is 6.59. The van der Waals surface area contributed by atoms with Crippen molar-refractivity contribution in [2.45, 2.75) is 13.0 Å². The SMILES string of the molecule is COc1ccccc1NC(=O)C[C@H]1Cn2ncc(-c3ccccc3)c2NC1=O. The van der Waals surface area contributed by atoms with E-state index in [1.807, 2.05) is 42.5 Å². The van der Waals surface area contributed by atoms with Gasteiger partial charge in [-0.2, -0.15) is 5.10 Å². The summed E-state index contributed by atoms with van der Waals surface area (Å²) in [4.78, 5) is 25.0. The molecule has 1 aliphatic heterocycles. The highest BCUT2D eigenvalue weighted by Crippen LogP contribution is 2.32. The number of methoxy groups -OCH3 is 1. The van der Waals surface area contributed by atoms with Crippen molar-refractivity contribution in [1.29, 1.82) is 0 Å². The Morgan fingerprint density at radius 2 is 1.96 bits per heavy atom. The number of aromatic nitrogens is 2. The molecule has 2 aromatic carbocycles. The van der Waals surface area contributed by atoms with Gasteiger partial charge in [-0.25, -0.2) is 4.68 Å². The number of para-hydroxylation sites is 2. The maximum absolute atomic E-state index is 12.6. The number of nitrogens with zero attached hydrogens (tertiary/aromatic N) is 2. The number of nitrogens with one attached hydrogen (secondary N) is 2. The van der Waals surface area contributed by atoms with Crippen LogP contribution in [0.3, 0.4) is 0 Å². The van der Waals surface area contributed by atoms with Gasteiger partial charge in [-0.05, 0) is 17.7 Å². The summed E-state index contributed by atoms with van der Waals surface area (Å²) >= 11 is 0. The normalized spacial score (nSPS) is 15.5. The van der Waals surface area contributed by atoms with Gasteiger partial charge in [-0.3, -0.25) is 9.59 Å². The molecule has 2 N–H and O–H groups in total. The van der Waals surface area contributed by atoms with E-state index in [1.54, 1.807) is 30.1 Å². The highest BCUT2D eigenvalue weighted by molar-refractivity contribution is 6.01. The number of amides is 2. The molecule has 3 aromatic rings.